The third-order valence-electron chi connectivity index (χ3n) is 3.59. The standard InChI is InChI=1S/C15H27N3O2/c1-15(2,3)20-11-13(19)10-18-8-4-5-12(9-18)14-16-6-7-17-14/h6-7,12-13,19H,4-5,8-11H2,1-3H3,(H,16,17). The number of β-amino-alcohol motifs (C(OH)–C–C–N with tert-alkyl or cyclic N) is 1. The van der Waals surface area contributed by atoms with Gasteiger partial charge in [0.1, 0.15) is 5.82 Å². The molecule has 1 fully saturated rings. The SMILES string of the molecule is CC(C)(C)OCC(O)CN1CCCC(c2ncc[nH]2)C1. The zero-order valence-electron chi connectivity index (χ0n) is 12.8. The lowest BCUT2D eigenvalue weighted by Crippen LogP contribution is -2.41. The Labute approximate surface area is 121 Å². The normalized spacial score (nSPS) is 22.9. The molecule has 0 aliphatic carbocycles. The van der Waals surface area contributed by atoms with Gasteiger partial charge in [0.15, 0.2) is 0 Å². The number of piperidine rings is 1. The molecule has 114 valence electrons. The fraction of sp³-hybridized carbons (Fsp3) is 0.800. The van der Waals surface area contributed by atoms with Gasteiger partial charge in [-0.05, 0) is 40.2 Å². The summed E-state index contributed by atoms with van der Waals surface area (Å²) < 4.78 is 5.64. The molecule has 20 heavy (non-hydrogen) atoms. The van der Waals surface area contributed by atoms with Crippen LogP contribution in [-0.2, 0) is 4.74 Å². The topological polar surface area (TPSA) is 61.4 Å². The van der Waals surface area contributed by atoms with Gasteiger partial charge in [-0.1, -0.05) is 0 Å². The summed E-state index contributed by atoms with van der Waals surface area (Å²) in [5.41, 5.74) is -0.195. The highest BCUT2D eigenvalue weighted by Gasteiger charge is 2.24. The summed E-state index contributed by atoms with van der Waals surface area (Å²) in [7, 11) is 0. The molecule has 0 saturated carbocycles. The van der Waals surface area contributed by atoms with E-state index in [-0.39, 0.29) is 5.60 Å². The van der Waals surface area contributed by atoms with E-state index in [1.54, 1.807) is 6.20 Å². The van der Waals surface area contributed by atoms with Gasteiger partial charge < -0.3 is 14.8 Å². The highest BCUT2D eigenvalue weighted by molar-refractivity contribution is 4.99. The van der Waals surface area contributed by atoms with E-state index in [1.807, 2.05) is 27.0 Å². The van der Waals surface area contributed by atoms with E-state index in [2.05, 4.69) is 14.9 Å². The summed E-state index contributed by atoms with van der Waals surface area (Å²) in [4.78, 5) is 9.87. The van der Waals surface area contributed by atoms with Crippen LogP contribution in [0.15, 0.2) is 12.4 Å². The van der Waals surface area contributed by atoms with Gasteiger partial charge in [0.05, 0.1) is 18.3 Å². The number of ether oxygens (including phenoxy) is 1. The molecule has 1 saturated heterocycles. The molecular weight excluding hydrogens is 254 g/mol. The van der Waals surface area contributed by atoms with Crippen molar-refractivity contribution in [3.8, 4) is 0 Å². The molecule has 2 atom stereocenters. The summed E-state index contributed by atoms with van der Waals surface area (Å²) in [5.74, 6) is 1.52. The maximum Gasteiger partial charge on any atom is 0.110 e. The van der Waals surface area contributed by atoms with Gasteiger partial charge in [0, 0.05) is 31.4 Å². The Morgan fingerprint density at radius 3 is 3.00 bits per heavy atom. The Bertz CT molecular complexity index is 386. The number of rotatable bonds is 5. The van der Waals surface area contributed by atoms with E-state index < -0.39 is 6.10 Å². The van der Waals surface area contributed by atoms with E-state index in [9.17, 15) is 5.11 Å². The Morgan fingerprint density at radius 2 is 2.35 bits per heavy atom. The average molecular weight is 281 g/mol. The highest BCUT2D eigenvalue weighted by atomic mass is 16.5. The van der Waals surface area contributed by atoms with Gasteiger partial charge in [-0.15, -0.1) is 0 Å². The number of aliphatic hydroxyl groups excluding tert-OH is 1. The minimum absolute atomic E-state index is 0.195. The zero-order valence-corrected chi connectivity index (χ0v) is 12.8. The second-order valence-electron chi connectivity index (χ2n) is 6.65. The molecule has 2 rings (SSSR count). The summed E-state index contributed by atoms with van der Waals surface area (Å²) in [5, 5.41) is 10.1. The number of likely N-dealkylation sites (tertiary alicyclic amines) is 1. The Kier molecular flexibility index (Phi) is 5.18. The van der Waals surface area contributed by atoms with Crippen molar-refractivity contribution in [2.45, 2.75) is 51.2 Å². The molecule has 5 heteroatoms. The van der Waals surface area contributed by atoms with Crippen molar-refractivity contribution in [3.05, 3.63) is 18.2 Å². The van der Waals surface area contributed by atoms with E-state index in [1.165, 1.54) is 6.42 Å². The molecule has 1 aliphatic rings. The maximum absolute atomic E-state index is 10.1. The number of hydrogen-bond acceptors (Lipinski definition) is 4. The van der Waals surface area contributed by atoms with E-state index >= 15 is 0 Å². The quantitative estimate of drug-likeness (QED) is 0.863. The van der Waals surface area contributed by atoms with E-state index in [0.29, 0.717) is 19.1 Å². The van der Waals surface area contributed by atoms with Crippen LogP contribution in [0.1, 0.15) is 45.4 Å². The van der Waals surface area contributed by atoms with Gasteiger partial charge in [-0.3, -0.25) is 4.90 Å². The van der Waals surface area contributed by atoms with Crippen LogP contribution in [0.25, 0.3) is 0 Å². The van der Waals surface area contributed by atoms with Crippen molar-refractivity contribution in [1.82, 2.24) is 14.9 Å². The molecule has 0 bridgehead atoms. The molecule has 2 heterocycles. The van der Waals surface area contributed by atoms with Crippen molar-refractivity contribution in [1.29, 1.82) is 0 Å². The smallest absolute Gasteiger partial charge is 0.110 e. The Balaban J connectivity index is 1.78. The van der Waals surface area contributed by atoms with Gasteiger partial charge in [0.2, 0.25) is 0 Å². The predicted molar refractivity (Wildman–Crippen MR) is 78.7 cm³/mol. The number of aromatic nitrogens is 2. The first-order chi connectivity index (χ1) is 9.44. The largest absolute Gasteiger partial charge is 0.389 e. The number of aromatic amines is 1. The average Bonchev–Trinajstić information content (AvgIpc) is 2.90. The lowest BCUT2D eigenvalue weighted by atomic mass is 9.97. The third-order valence-corrected chi connectivity index (χ3v) is 3.59. The molecule has 1 aliphatic heterocycles. The summed E-state index contributed by atoms with van der Waals surface area (Å²) >= 11 is 0. The Morgan fingerprint density at radius 1 is 1.55 bits per heavy atom. The first-order valence-electron chi connectivity index (χ1n) is 7.48. The minimum atomic E-state index is -0.426. The second-order valence-corrected chi connectivity index (χ2v) is 6.65. The van der Waals surface area contributed by atoms with E-state index in [4.69, 9.17) is 4.74 Å². The van der Waals surface area contributed by atoms with Crippen LogP contribution in [0.3, 0.4) is 0 Å². The van der Waals surface area contributed by atoms with Gasteiger partial charge >= 0.3 is 0 Å². The van der Waals surface area contributed by atoms with Crippen molar-refractivity contribution in [3.63, 3.8) is 0 Å². The van der Waals surface area contributed by atoms with E-state index in [0.717, 1.165) is 25.3 Å². The number of hydrogen-bond donors (Lipinski definition) is 2. The molecule has 5 nitrogen and oxygen atoms in total. The third kappa shape index (κ3) is 4.89. The molecule has 0 spiro atoms. The van der Waals surface area contributed by atoms with Crippen LogP contribution in [0.2, 0.25) is 0 Å². The fourth-order valence-corrected chi connectivity index (χ4v) is 2.64. The number of aliphatic hydroxyl groups is 1. The zero-order chi connectivity index (χ0) is 14.6. The van der Waals surface area contributed by atoms with Crippen LogP contribution in [0, 0.1) is 0 Å². The number of nitrogens with one attached hydrogen (secondary N) is 1. The van der Waals surface area contributed by atoms with Crippen LogP contribution in [-0.4, -0.2) is 57.9 Å². The summed E-state index contributed by atoms with van der Waals surface area (Å²) in [6.07, 6.45) is 5.57. The molecule has 0 amide bonds. The Hall–Kier alpha value is -0.910. The molecule has 2 N–H and O–H groups in total. The predicted octanol–water partition coefficient (Wildman–Crippen LogP) is 1.77. The van der Waals surface area contributed by atoms with Crippen molar-refractivity contribution in [2.24, 2.45) is 0 Å². The van der Waals surface area contributed by atoms with Gasteiger partial charge in [0.25, 0.3) is 0 Å². The summed E-state index contributed by atoms with van der Waals surface area (Å²) in [6, 6.07) is 0. The molecule has 1 aromatic heterocycles. The highest BCUT2D eigenvalue weighted by Crippen LogP contribution is 2.24. The molecular formula is C15H27N3O2. The molecule has 0 radical (unpaired) electrons. The van der Waals surface area contributed by atoms with Crippen molar-refractivity contribution < 1.29 is 9.84 Å². The van der Waals surface area contributed by atoms with Crippen LogP contribution in [0.4, 0.5) is 0 Å². The van der Waals surface area contributed by atoms with Crippen molar-refractivity contribution >= 4 is 0 Å². The molecule has 0 aromatic carbocycles. The first-order valence-corrected chi connectivity index (χ1v) is 7.48. The first kappa shape index (κ1) is 15.5. The van der Waals surface area contributed by atoms with Crippen LogP contribution >= 0.6 is 0 Å². The van der Waals surface area contributed by atoms with Crippen LogP contribution < -0.4 is 0 Å². The maximum atomic E-state index is 10.1. The van der Waals surface area contributed by atoms with Gasteiger partial charge in [-0.25, -0.2) is 4.98 Å². The van der Waals surface area contributed by atoms with Gasteiger partial charge in [-0.2, -0.15) is 0 Å². The molecule has 1 aromatic rings. The lowest BCUT2D eigenvalue weighted by molar-refractivity contribution is -0.0575. The van der Waals surface area contributed by atoms with Crippen LogP contribution in [0.5, 0.6) is 0 Å². The van der Waals surface area contributed by atoms with Crippen molar-refractivity contribution in [2.75, 3.05) is 26.2 Å². The number of imidazole rings is 1. The number of nitrogens with zero attached hydrogens (tertiary/aromatic N) is 2. The minimum Gasteiger partial charge on any atom is -0.389 e. The number of H-pyrrole nitrogens is 1. The fourth-order valence-electron chi connectivity index (χ4n) is 2.64. The lowest BCUT2D eigenvalue weighted by Gasteiger charge is -2.33. The monoisotopic (exact) mass is 281 g/mol. The second kappa shape index (κ2) is 6.70. The summed E-state index contributed by atoms with van der Waals surface area (Å²) in [6.45, 7) is 9.09. The molecule has 2 unspecified atom stereocenters.